The second-order valence-electron chi connectivity index (χ2n) is 6.24. The van der Waals surface area contributed by atoms with Crippen molar-refractivity contribution >= 4 is 16.1 Å². The molecule has 0 atom stereocenters. The van der Waals surface area contributed by atoms with Crippen LogP contribution in [0.5, 0.6) is 0 Å². The highest BCUT2D eigenvalue weighted by Gasteiger charge is 2.29. The van der Waals surface area contributed by atoms with Crippen LogP contribution < -0.4 is 0 Å². The van der Waals surface area contributed by atoms with Gasteiger partial charge in [0.1, 0.15) is 5.69 Å². The van der Waals surface area contributed by atoms with Crippen molar-refractivity contribution in [3.8, 4) is 17.3 Å². The Labute approximate surface area is 170 Å². The van der Waals surface area contributed by atoms with Gasteiger partial charge in [-0.2, -0.15) is 9.65 Å². The fourth-order valence-electron chi connectivity index (χ4n) is 2.77. The Balaban J connectivity index is 2.28. The highest BCUT2D eigenvalue weighted by molar-refractivity contribution is 7.90. The molecule has 3 aromatic rings. The summed E-state index contributed by atoms with van der Waals surface area (Å²) in [5.74, 6) is -2.20. The van der Waals surface area contributed by atoms with E-state index in [1.54, 1.807) is 0 Å². The zero-order chi connectivity index (χ0) is 22.1. The summed E-state index contributed by atoms with van der Waals surface area (Å²) in [4.78, 5) is 15.0. The summed E-state index contributed by atoms with van der Waals surface area (Å²) < 4.78 is 56.5. The number of amides is 1. The number of nitriles is 1. The van der Waals surface area contributed by atoms with Gasteiger partial charge in [0.25, 0.3) is 10.0 Å². The largest absolute Gasteiger partial charge is 0.465 e. The van der Waals surface area contributed by atoms with Crippen LogP contribution in [0, 0.1) is 23.1 Å². The molecule has 1 N–H and O–H groups in total. The number of pyridine rings is 1. The molecule has 0 saturated carbocycles. The molecule has 0 radical (unpaired) electrons. The lowest BCUT2D eigenvalue weighted by Gasteiger charge is -2.11. The Morgan fingerprint density at radius 2 is 2.03 bits per heavy atom. The Morgan fingerprint density at radius 3 is 2.67 bits per heavy atom. The van der Waals surface area contributed by atoms with Gasteiger partial charge < -0.3 is 10.0 Å². The second-order valence-corrected chi connectivity index (χ2v) is 8.05. The lowest BCUT2D eigenvalue weighted by molar-refractivity contribution is 0.153. The fraction of sp³-hybridized carbons (Fsp3) is 0.105. The third-order valence-corrected chi connectivity index (χ3v) is 5.91. The summed E-state index contributed by atoms with van der Waals surface area (Å²) in [6.07, 6.45) is 0.653. The van der Waals surface area contributed by atoms with Crippen molar-refractivity contribution < 1.29 is 27.1 Å². The van der Waals surface area contributed by atoms with Crippen molar-refractivity contribution in [2.24, 2.45) is 0 Å². The van der Waals surface area contributed by atoms with Crippen molar-refractivity contribution in [3.63, 3.8) is 0 Å². The summed E-state index contributed by atoms with van der Waals surface area (Å²) in [6, 6.07) is 9.32. The smallest absolute Gasteiger partial charge is 0.407 e. The summed E-state index contributed by atoms with van der Waals surface area (Å²) >= 11 is 0. The number of nitrogens with zero attached hydrogens (tertiary/aromatic N) is 4. The predicted molar refractivity (Wildman–Crippen MR) is 101 cm³/mol. The van der Waals surface area contributed by atoms with E-state index >= 15 is 4.39 Å². The van der Waals surface area contributed by atoms with Crippen molar-refractivity contribution in [2.45, 2.75) is 11.4 Å². The maximum absolute atomic E-state index is 15.2. The van der Waals surface area contributed by atoms with Gasteiger partial charge in [0.05, 0.1) is 28.6 Å². The molecule has 3 rings (SSSR count). The molecule has 2 aromatic heterocycles. The summed E-state index contributed by atoms with van der Waals surface area (Å²) in [5.41, 5.74) is -1.27. The van der Waals surface area contributed by atoms with Gasteiger partial charge in [-0.05, 0) is 30.3 Å². The van der Waals surface area contributed by atoms with Crippen molar-refractivity contribution in [1.82, 2.24) is 13.9 Å². The van der Waals surface area contributed by atoms with Gasteiger partial charge in [-0.3, -0.25) is 0 Å². The quantitative estimate of drug-likeness (QED) is 0.620. The van der Waals surface area contributed by atoms with E-state index in [0.29, 0.717) is 3.97 Å². The van der Waals surface area contributed by atoms with Crippen LogP contribution in [-0.4, -0.2) is 40.5 Å². The number of benzene rings is 1. The lowest BCUT2D eigenvalue weighted by Crippen LogP contribution is -2.24. The van der Waals surface area contributed by atoms with Crippen LogP contribution >= 0.6 is 0 Å². The number of hydrogen-bond acceptors (Lipinski definition) is 5. The number of aromatic nitrogens is 2. The molecule has 11 heteroatoms. The first-order valence-corrected chi connectivity index (χ1v) is 9.81. The van der Waals surface area contributed by atoms with E-state index in [0.717, 1.165) is 29.4 Å². The SMILES string of the molecule is CN(Cc1cn(S(=O)(=O)c2cccc(C#N)c2)c(-c2cccnc2F)c1F)C(=O)O. The molecule has 0 fully saturated rings. The van der Waals surface area contributed by atoms with E-state index in [1.807, 2.05) is 6.07 Å². The van der Waals surface area contributed by atoms with E-state index in [4.69, 9.17) is 10.4 Å². The number of carboxylic acid groups (broad SMARTS) is 1. The highest BCUT2D eigenvalue weighted by atomic mass is 32.2. The van der Waals surface area contributed by atoms with Crippen LogP contribution in [0.3, 0.4) is 0 Å². The van der Waals surface area contributed by atoms with Crippen molar-refractivity contribution in [3.05, 3.63) is 71.7 Å². The minimum Gasteiger partial charge on any atom is -0.465 e. The molecule has 1 amide bonds. The molecule has 0 saturated heterocycles. The second kappa shape index (κ2) is 7.92. The predicted octanol–water partition coefficient (Wildman–Crippen LogP) is 3.05. The Hall–Kier alpha value is -3.78. The number of hydrogen-bond donors (Lipinski definition) is 1. The maximum atomic E-state index is 15.2. The van der Waals surface area contributed by atoms with Gasteiger partial charge in [-0.15, -0.1) is 0 Å². The molecule has 0 bridgehead atoms. The van der Waals surface area contributed by atoms with E-state index < -0.39 is 45.7 Å². The van der Waals surface area contributed by atoms with Crippen molar-refractivity contribution in [2.75, 3.05) is 7.05 Å². The average molecular weight is 432 g/mol. The molecule has 0 aliphatic rings. The molecule has 1 aromatic carbocycles. The normalized spacial score (nSPS) is 11.1. The van der Waals surface area contributed by atoms with Gasteiger partial charge in [-0.25, -0.2) is 26.6 Å². The van der Waals surface area contributed by atoms with E-state index in [1.165, 1.54) is 31.3 Å². The highest BCUT2D eigenvalue weighted by Crippen LogP contribution is 2.32. The monoisotopic (exact) mass is 432 g/mol. The Kier molecular flexibility index (Phi) is 5.53. The van der Waals surface area contributed by atoms with E-state index in [9.17, 15) is 17.6 Å². The lowest BCUT2D eigenvalue weighted by atomic mass is 10.2. The Bertz CT molecular complexity index is 1280. The van der Waals surface area contributed by atoms with Gasteiger partial charge >= 0.3 is 6.09 Å². The van der Waals surface area contributed by atoms with Gasteiger partial charge in [0, 0.05) is 25.0 Å². The van der Waals surface area contributed by atoms with E-state index in [-0.39, 0.29) is 16.0 Å². The number of rotatable bonds is 5. The van der Waals surface area contributed by atoms with Crippen LogP contribution in [-0.2, 0) is 16.6 Å². The molecule has 154 valence electrons. The number of halogens is 2. The molecule has 30 heavy (non-hydrogen) atoms. The fourth-order valence-corrected chi connectivity index (χ4v) is 4.21. The molecular formula is C19H14F2N4O4S. The molecule has 8 nitrogen and oxygen atoms in total. The zero-order valence-electron chi connectivity index (χ0n) is 15.5. The minimum absolute atomic E-state index is 0.0589. The first kappa shape index (κ1) is 20.9. The molecule has 0 aliphatic heterocycles. The molecule has 0 aliphatic carbocycles. The molecular weight excluding hydrogens is 418 g/mol. The topological polar surface area (TPSA) is 116 Å². The van der Waals surface area contributed by atoms with Gasteiger partial charge in [-0.1, -0.05) is 6.07 Å². The summed E-state index contributed by atoms with van der Waals surface area (Å²) in [6.45, 7) is -0.475. The first-order chi connectivity index (χ1) is 14.2. The zero-order valence-corrected chi connectivity index (χ0v) is 16.3. The van der Waals surface area contributed by atoms with Crippen LogP contribution in [0.25, 0.3) is 11.3 Å². The summed E-state index contributed by atoms with van der Waals surface area (Å²) in [5, 5.41) is 18.1. The van der Waals surface area contributed by atoms with Crippen LogP contribution in [0.4, 0.5) is 13.6 Å². The standard InChI is InChI=1S/C19H14F2N4O4S/c1-24(19(26)27)10-13-11-25(17(16(13)20)15-6-3-7-23-18(15)21)30(28,29)14-5-2-4-12(8-14)9-22/h2-8,11H,10H2,1H3,(H,26,27). The summed E-state index contributed by atoms with van der Waals surface area (Å²) in [7, 11) is -3.28. The molecule has 0 spiro atoms. The third-order valence-electron chi connectivity index (χ3n) is 4.25. The van der Waals surface area contributed by atoms with Crippen LogP contribution in [0.15, 0.2) is 53.7 Å². The minimum atomic E-state index is -4.46. The average Bonchev–Trinajstić information content (AvgIpc) is 3.05. The maximum Gasteiger partial charge on any atom is 0.407 e. The first-order valence-electron chi connectivity index (χ1n) is 8.37. The van der Waals surface area contributed by atoms with Crippen LogP contribution in [0.1, 0.15) is 11.1 Å². The van der Waals surface area contributed by atoms with Gasteiger partial charge in [0.2, 0.25) is 5.95 Å². The Morgan fingerprint density at radius 1 is 1.30 bits per heavy atom. The molecule has 2 heterocycles. The van der Waals surface area contributed by atoms with Crippen molar-refractivity contribution in [1.29, 1.82) is 5.26 Å². The molecule has 0 unspecified atom stereocenters. The van der Waals surface area contributed by atoms with E-state index in [2.05, 4.69) is 4.98 Å². The number of carbonyl (C=O) groups is 1. The third kappa shape index (κ3) is 3.72. The van der Waals surface area contributed by atoms with Crippen LogP contribution in [0.2, 0.25) is 0 Å². The van der Waals surface area contributed by atoms with Gasteiger partial charge in [0.15, 0.2) is 5.82 Å².